The second-order valence-electron chi connectivity index (χ2n) is 7.52. The Kier molecular flexibility index (Phi) is 7.68. The van der Waals surface area contributed by atoms with Crippen LogP contribution < -0.4 is 14.6 Å². The molecule has 2 aromatic carbocycles. The third kappa shape index (κ3) is 5.40. The molecule has 33 heavy (non-hydrogen) atoms. The Labute approximate surface area is 192 Å². The molecule has 0 radical (unpaired) electrons. The molecule has 2 aromatic rings. The molecule has 10 nitrogen and oxygen atoms in total. The molecule has 2 aliphatic heterocycles. The van der Waals surface area contributed by atoms with Crippen LogP contribution >= 0.6 is 7.75 Å². The molecule has 11 heteroatoms. The largest absolute Gasteiger partial charge is 0.497 e. The number of hydrogen-bond acceptors (Lipinski definition) is 9. The predicted octanol–water partition coefficient (Wildman–Crippen LogP) is 2.63. The van der Waals surface area contributed by atoms with E-state index in [0.717, 1.165) is 5.56 Å². The molecule has 2 saturated heterocycles. The minimum Gasteiger partial charge on any atom is -0.497 e. The first-order valence-corrected chi connectivity index (χ1v) is 12.0. The van der Waals surface area contributed by atoms with E-state index in [0.29, 0.717) is 11.5 Å². The Bertz CT molecular complexity index is 937. The van der Waals surface area contributed by atoms with Crippen LogP contribution in [0.2, 0.25) is 0 Å². The van der Waals surface area contributed by atoms with Gasteiger partial charge in [0.2, 0.25) is 6.29 Å². The average Bonchev–Trinajstić information content (AvgIpc) is 2.87. The van der Waals surface area contributed by atoms with Crippen molar-refractivity contribution in [2.24, 2.45) is 0 Å². The Hall–Kier alpha value is -2.01. The highest BCUT2D eigenvalue weighted by Crippen LogP contribution is 2.45. The summed E-state index contributed by atoms with van der Waals surface area (Å²) in [6, 6.07) is 15.2. The number of ether oxygens (including phenoxy) is 5. The van der Waals surface area contributed by atoms with E-state index >= 15 is 0 Å². The Balaban J connectivity index is 1.57. The predicted molar refractivity (Wildman–Crippen MR) is 117 cm³/mol. The summed E-state index contributed by atoms with van der Waals surface area (Å²) in [5.74, 6) is 1.12. The minimum atomic E-state index is -3.74. The van der Waals surface area contributed by atoms with Gasteiger partial charge in [-0.05, 0) is 24.3 Å². The van der Waals surface area contributed by atoms with Crippen LogP contribution in [0, 0.1) is 0 Å². The van der Waals surface area contributed by atoms with Crippen LogP contribution in [0.3, 0.4) is 0 Å². The first kappa shape index (κ1) is 24.1. The molecule has 2 heterocycles. The van der Waals surface area contributed by atoms with E-state index < -0.39 is 44.7 Å². The van der Waals surface area contributed by atoms with E-state index in [-0.39, 0.29) is 6.61 Å². The molecule has 6 atom stereocenters. The summed E-state index contributed by atoms with van der Waals surface area (Å²) in [7, 11) is 0.310. The van der Waals surface area contributed by atoms with Crippen LogP contribution in [0.25, 0.3) is 0 Å². The van der Waals surface area contributed by atoms with Gasteiger partial charge in [0.25, 0.3) is 0 Å². The van der Waals surface area contributed by atoms with Gasteiger partial charge in [0.15, 0.2) is 6.29 Å². The van der Waals surface area contributed by atoms with Crippen molar-refractivity contribution >= 4 is 7.75 Å². The van der Waals surface area contributed by atoms with Gasteiger partial charge < -0.3 is 37.8 Å². The van der Waals surface area contributed by atoms with Crippen molar-refractivity contribution in [3.63, 3.8) is 0 Å². The fraction of sp³-hybridized carbons (Fsp3) is 0.455. The molecule has 0 bridgehead atoms. The fourth-order valence-corrected chi connectivity index (χ4v) is 4.76. The lowest BCUT2D eigenvalue weighted by atomic mass is 9.96. The quantitative estimate of drug-likeness (QED) is 0.546. The van der Waals surface area contributed by atoms with Gasteiger partial charge in [-0.15, -0.1) is 0 Å². The van der Waals surface area contributed by atoms with E-state index in [9.17, 15) is 9.67 Å². The molecule has 0 unspecified atom stereocenters. The number of rotatable bonds is 8. The van der Waals surface area contributed by atoms with Gasteiger partial charge in [0.1, 0.15) is 35.9 Å². The zero-order valence-electron chi connectivity index (χ0n) is 18.5. The van der Waals surface area contributed by atoms with Crippen LogP contribution in [0.5, 0.6) is 11.5 Å². The summed E-state index contributed by atoms with van der Waals surface area (Å²) in [6.45, 7) is 0.169. The molecule has 0 amide bonds. The number of methoxy groups -OCH3 is 1. The van der Waals surface area contributed by atoms with E-state index in [1.165, 1.54) is 14.2 Å². The number of hydrogen-bond donors (Lipinski definition) is 2. The fourth-order valence-electron chi connectivity index (χ4n) is 3.76. The zero-order valence-corrected chi connectivity index (χ0v) is 19.4. The minimum absolute atomic E-state index is 0.169. The molecular formula is C22H28NO9P. The van der Waals surface area contributed by atoms with E-state index in [1.807, 2.05) is 30.3 Å². The number of aliphatic hydroxyl groups excluding tert-OH is 1. The lowest BCUT2D eigenvalue weighted by Gasteiger charge is -2.48. The molecule has 0 spiro atoms. The monoisotopic (exact) mass is 481 g/mol. The van der Waals surface area contributed by atoms with Gasteiger partial charge in [-0.3, -0.25) is 0 Å². The topological polar surface area (TPSA) is 114 Å². The standard InChI is InChI=1S/C22H28NO9P/c1-26-15-9-11-16(12-10-15)30-22-18(23-33(25,27-2)28-3)19(24)20-17(31-22)13-29-21(32-20)14-7-5-4-6-8-14/h4-12,17-22,24H,13H2,1-3H3,(H,23,25)/t17-,18-,19-,20-,21-,22-/m1/s1. The van der Waals surface area contributed by atoms with E-state index in [4.69, 9.17) is 32.7 Å². The van der Waals surface area contributed by atoms with Crippen molar-refractivity contribution in [2.45, 2.75) is 36.9 Å². The first-order valence-electron chi connectivity index (χ1n) is 10.4. The summed E-state index contributed by atoms with van der Waals surface area (Å²) in [5.41, 5.74) is 0.809. The maximum absolute atomic E-state index is 12.8. The highest BCUT2D eigenvalue weighted by molar-refractivity contribution is 7.51. The highest BCUT2D eigenvalue weighted by atomic mass is 31.2. The maximum Gasteiger partial charge on any atom is 0.405 e. The second-order valence-corrected chi connectivity index (χ2v) is 9.50. The van der Waals surface area contributed by atoms with E-state index in [2.05, 4.69) is 5.09 Å². The van der Waals surface area contributed by atoms with Crippen molar-refractivity contribution in [3.8, 4) is 11.5 Å². The smallest absolute Gasteiger partial charge is 0.405 e. The van der Waals surface area contributed by atoms with Gasteiger partial charge in [-0.1, -0.05) is 30.3 Å². The molecule has 0 aliphatic carbocycles. The van der Waals surface area contributed by atoms with Crippen LogP contribution in [-0.2, 0) is 27.8 Å². The van der Waals surface area contributed by atoms with Gasteiger partial charge in [0.05, 0.1) is 13.7 Å². The summed E-state index contributed by atoms with van der Waals surface area (Å²) < 4.78 is 52.0. The van der Waals surface area contributed by atoms with Gasteiger partial charge >= 0.3 is 7.75 Å². The zero-order chi connectivity index (χ0) is 23.4. The Morgan fingerprint density at radius 3 is 2.27 bits per heavy atom. The molecular weight excluding hydrogens is 453 g/mol. The third-order valence-corrected chi connectivity index (χ3v) is 7.11. The molecule has 2 fully saturated rings. The van der Waals surface area contributed by atoms with Crippen molar-refractivity contribution < 1.29 is 42.4 Å². The van der Waals surface area contributed by atoms with Gasteiger partial charge in [-0.2, -0.15) is 0 Å². The third-order valence-electron chi connectivity index (χ3n) is 5.54. The number of benzene rings is 2. The van der Waals surface area contributed by atoms with Gasteiger partial charge in [-0.25, -0.2) is 9.65 Å². The van der Waals surface area contributed by atoms with Gasteiger partial charge in [0, 0.05) is 19.8 Å². The van der Waals surface area contributed by atoms with Crippen molar-refractivity contribution in [1.82, 2.24) is 5.09 Å². The van der Waals surface area contributed by atoms with Crippen molar-refractivity contribution in [2.75, 3.05) is 27.9 Å². The Morgan fingerprint density at radius 1 is 0.970 bits per heavy atom. The summed E-state index contributed by atoms with van der Waals surface area (Å²) >= 11 is 0. The van der Waals surface area contributed by atoms with Crippen molar-refractivity contribution in [3.05, 3.63) is 60.2 Å². The lowest BCUT2D eigenvalue weighted by Crippen LogP contribution is -2.66. The van der Waals surface area contributed by atoms with Crippen LogP contribution in [-0.4, -0.2) is 63.7 Å². The summed E-state index contributed by atoms with van der Waals surface area (Å²) in [6.07, 6.45) is -4.30. The van der Waals surface area contributed by atoms with Crippen molar-refractivity contribution in [1.29, 1.82) is 0 Å². The summed E-state index contributed by atoms with van der Waals surface area (Å²) in [5, 5.41) is 14.0. The SMILES string of the molecule is COc1ccc(O[C@@H]2O[C@@H]3CO[C@@H](c4ccccc4)O[C@H]3[C@H](O)[C@H]2NP(=O)(OC)OC)cc1. The average molecular weight is 481 g/mol. The molecule has 4 rings (SSSR count). The summed E-state index contributed by atoms with van der Waals surface area (Å²) in [4.78, 5) is 0. The molecule has 0 saturated carbocycles. The number of aliphatic hydroxyl groups is 1. The molecule has 180 valence electrons. The van der Waals surface area contributed by atoms with Crippen LogP contribution in [0.1, 0.15) is 11.9 Å². The molecule has 2 aliphatic rings. The first-order chi connectivity index (χ1) is 16.0. The lowest BCUT2D eigenvalue weighted by molar-refractivity contribution is -0.333. The second kappa shape index (κ2) is 10.5. The van der Waals surface area contributed by atoms with Crippen LogP contribution in [0.4, 0.5) is 0 Å². The highest BCUT2D eigenvalue weighted by Gasteiger charge is 2.52. The number of fused-ring (bicyclic) bond motifs is 1. The van der Waals surface area contributed by atoms with Crippen LogP contribution in [0.15, 0.2) is 54.6 Å². The normalized spacial score (nSPS) is 29.8. The Morgan fingerprint density at radius 2 is 1.64 bits per heavy atom. The molecule has 2 N–H and O–H groups in total. The van der Waals surface area contributed by atoms with E-state index in [1.54, 1.807) is 31.4 Å². The number of nitrogens with one attached hydrogen (secondary N) is 1. The maximum atomic E-state index is 12.8. The molecule has 0 aromatic heterocycles.